The Labute approximate surface area is 262 Å². The maximum atomic E-state index is 13.5. The molecule has 234 valence electrons. The zero-order chi connectivity index (χ0) is 32.5. The third-order valence-corrected chi connectivity index (χ3v) is 10.2. The van der Waals surface area contributed by atoms with E-state index in [2.05, 4.69) is 4.72 Å². The minimum Gasteiger partial charge on any atom is -0.480 e. The number of rotatable bonds is 11. The van der Waals surface area contributed by atoms with E-state index in [4.69, 9.17) is 4.18 Å². The van der Waals surface area contributed by atoms with Gasteiger partial charge in [-0.15, -0.1) is 0 Å². The van der Waals surface area contributed by atoms with Gasteiger partial charge in [0.1, 0.15) is 16.7 Å². The predicted octanol–water partition coefficient (Wildman–Crippen LogP) is 4.87. The van der Waals surface area contributed by atoms with Crippen LogP contribution in [0.3, 0.4) is 0 Å². The maximum Gasteiger partial charge on any atom is 0.339 e. The van der Waals surface area contributed by atoms with Crippen molar-refractivity contribution in [3.8, 4) is 5.75 Å². The van der Waals surface area contributed by atoms with Crippen molar-refractivity contribution < 1.29 is 30.9 Å². The molecular formula is C33H33N3O7S2. The molecule has 0 saturated carbocycles. The number of fused-ring (bicyclic) bond motifs is 2. The molecule has 0 fully saturated rings. The average Bonchev–Trinajstić information content (AvgIpc) is 2.99. The molecule has 0 spiro atoms. The van der Waals surface area contributed by atoms with Gasteiger partial charge in [-0.25, -0.2) is 8.42 Å². The molecule has 5 aromatic carbocycles. The lowest BCUT2D eigenvalue weighted by molar-refractivity contribution is -0.138. The van der Waals surface area contributed by atoms with Crippen LogP contribution in [0.4, 0.5) is 11.4 Å². The first-order chi connectivity index (χ1) is 21.3. The Morgan fingerprint density at radius 3 is 1.67 bits per heavy atom. The van der Waals surface area contributed by atoms with Gasteiger partial charge in [0.15, 0.2) is 0 Å². The highest BCUT2D eigenvalue weighted by Gasteiger charge is 2.28. The molecule has 0 heterocycles. The summed E-state index contributed by atoms with van der Waals surface area (Å²) >= 11 is 0. The molecule has 0 aliphatic carbocycles. The van der Waals surface area contributed by atoms with Gasteiger partial charge in [-0.2, -0.15) is 13.1 Å². The minimum atomic E-state index is -4.24. The summed E-state index contributed by atoms with van der Waals surface area (Å²) in [6.07, 6.45) is -0.189. The van der Waals surface area contributed by atoms with Crippen molar-refractivity contribution in [1.29, 1.82) is 0 Å². The fourth-order valence-electron chi connectivity index (χ4n) is 5.28. The van der Waals surface area contributed by atoms with Crippen LogP contribution in [-0.2, 0) is 31.4 Å². The first kappa shape index (κ1) is 31.8. The van der Waals surface area contributed by atoms with Gasteiger partial charge < -0.3 is 19.1 Å². The van der Waals surface area contributed by atoms with E-state index < -0.39 is 32.2 Å². The van der Waals surface area contributed by atoms with Gasteiger partial charge in [0, 0.05) is 61.1 Å². The number of nitrogens with one attached hydrogen (secondary N) is 1. The Kier molecular flexibility index (Phi) is 8.74. The van der Waals surface area contributed by atoms with Crippen LogP contribution >= 0.6 is 0 Å². The Balaban J connectivity index is 1.36. The van der Waals surface area contributed by atoms with Crippen LogP contribution < -0.4 is 18.7 Å². The molecule has 12 heteroatoms. The van der Waals surface area contributed by atoms with E-state index in [0.717, 1.165) is 16.8 Å². The van der Waals surface area contributed by atoms with Crippen molar-refractivity contribution in [2.45, 2.75) is 22.3 Å². The standard InChI is InChI=1S/C33H33N3O7S2/c1-35(2)29-13-5-11-26-24(29)9-7-15-31(26)44(39,40)34-28(33(37)38)21-22-17-19-23(20-18-22)43-45(41,42)32-16-8-10-25-27(32)12-6-14-30(25)36(3)4/h5-20,28,34H,21H2,1-4H3,(H,37,38)/t28-/m1/s1. The third-order valence-electron chi connectivity index (χ3n) is 7.41. The van der Waals surface area contributed by atoms with Crippen molar-refractivity contribution in [2.75, 3.05) is 38.0 Å². The first-order valence-corrected chi connectivity index (χ1v) is 16.8. The molecule has 0 aromatic heterocycles. The SMILES string of the molecule is CN(C)c1cccc2c(S(=O)(=O)N[C@H](Cc3ccc(OS(=O)(=O)c4cccc5c(N(C)C)cccc45)cc3)C(=O)O)cccc12. The predicted molar refractivity (Wildman–Crippen MR) is 176 cm³/mol. The molecule has 10 nitrogen and oxygen atoms in total. The van der Waals surface area contributed by atoms with Gasteiger partial charge in [-0.05, 0) is 48.4 Å². The van der Waals surface area contributed by atoms with Gasteiger partial charge in [0.2, 0.25) is 10.0 Å². The fourth-order valence-corrected chi connectivity index (χ4v) is 7.84. The molecule has 0 amide bonds. The van der Waals surface area contributed by atoms with Crippen molar-refractivity contribution in [3.05, 3.63) is 103 Å². The number of carbonyl (C=O) groups is 1. The molecule has 0 radical (unpaired) electrons. The van der Waals surface area contributed by atoms with E-state index in [1.54, 1.807) is 36.4 Å². The summed E-state index contributed by atoms with van der Waals surface area (Å²) in [6.45, 7) is 0. The monoisotopic (exact) mass is 647 g/mol. The molecular weight excluding hydrogens is 615 g/mol. The number of anilines is 2. The molecule has 1 atom stereocenters. The number of sulfonamides is 1. The lowest BCUT2D eigenvalue weighted by atomic mass is 10.1. The number of carboxylic acids is 1. The summed E-state index contributed by atoms with van der Waals surface area (Å²) in [5.74, 6) is -1.33. The van der Waals surface area contributed by atoms with Crippen molar-refractivity contribution in [1.82, 2.24) is 4.72 Å². The number of carboxylic acid groups (broad SMARTS) is 1. The van der Waals surface area contributed by atoms with Crippen LogP contribution in [0, 0.1) is 0 Å². The van der Waals surface area contributed by atoms with E-state index in [1.165, 1.54) is 36.4 Å². The van der Waals surface area contributed by atoms with E-state index in [0.29, 0.717) is 21.7 Å². The zero-order valence-electron chi connectivity index (χ0n) is 25.1. The van der Waals surface area contributed by atoms with Crippen molar-refractivity contribution in [3.63, 3.8) is 0 Å². The molecule has 5 rings (SSSR count). The Hall–Kier alpha value is -4.65. The molecule has 0 unspecified atom stereocenters. The topological polar surface area (TPSA) is 133 Å². The van der Waals surface area contributed by atoms with Crippen molar-refractivity contribution in [2.24, 2.45) is 0 Å². The summed E-state index contributed by atoms with van der Waals surface area (Å²) in [5, 5.41) is 12.4. The summed E-state index contributed by atoms with van der Waals surface area (Å²) in [7, 11) is -1.01. The van der Waals surface area contributed by atoms with Gasteiger partial charge in [0.05, 0.1) is 4.90 Å². The Bertz CT molecular complexity index is 2110. The minimum absolute atomic E-state index is 0.0132. The fraction of sp³-hybridized carbons (Fsp3) is 0.182. The maximum absolute atomic E-state index is 13.5. The molecule has 0 aliphatic heterocycles. The summed E-state index contributed by atoms with van der Waals surface area (Å²) in [5.41, 5.74) is 2.14. The highest BCUT2D eigenvalue weighted by Crippen LogP contribution is 2.32. The number of aliphatic carboxylic acids is 1. The van der Waals surface area contributed by atoms with Gasteiger partial charge in [0.25, 0.3) is 0 Å². The third kappa shape index (κ3) is 6.58. The summed E-state index contributed by atoms with van der Waals surface area (Å²) in [6, 6.07) is 24.9. The highest BCUT2D eigenvalue weighted by atomic mass is 32.2. The van der Waals surface area contributed by atoms with Crippen LogP contribution in [0.2, 0.25) is 0 Å². The van der Waals surface area contributed by atoms with Gasteiger partial charge in [-0.1, -0.05) is 60.7 Å². The molecule has 5 aromatic rings. The normalized spacial score (nSPS) is 12.6. The number of benzene rings is 5. The second-order valence-corrected chi connectivity index (χ2v) is 14.1. The van der Waals surface area contributed by atoms with Crippen LogP contribution in [0.5, 0.6) is 5.75 Å². The lowest BCUT2D eigenvalue weighted by Crippen LogP contribution is -2.42. The Morgan fingerprint density at radius 1 is 0.689 bits per heavy atom. The quantitative estimate of drug-likeness (QED) is 0.193. The highest BCUT2D eigenvalue weighted by molar-refractivity contribution is 7.89. The smallest absolute Gasteiger partial charge is 0.339 e. The molecule has 0 saturated heterocycles. The van der Waals surface area contributed by atoms with Gasteiger partial charge >= 0.3 is 16.1 Å². The Morgan fingerprint density at radius 2 is 1.16 bits per heavy atom. The molecule has 2 N–H and O–H groups in total. The second kappa shape index (κ2) is 12.4. The number of hydrogen-bond donors (Lipinski definition) is 2. The summed E-state index contributed by atoms with van der Waals surface area (Å²) in [4.78, 5) is 15.9. The van der Waals surface area contributed by atoms with E-state index in [-0.39, 0.29) is 22.0 Å². The van der Waals surface area contributed by atoms with E-state index in [9.17, 15) is 26.7 Å². The lowest BCUT2D eigenvalue weighted by Gasteiger charge is -2.19. The molecule has 45 heavy (non-hydrogen) atoms. The number of nitrogens with zero attached hydrogens (tertiary/aromatic N) is 2. The first-order valence-electron chi connectivity index (χ1n) is 14.0. The number of hydrogen-bond acceptors (Lipinski definition) is 8. The van der Waals surface area contributed by atoms with Crippen LogP contribution in [0.25, 0.3) is 21.5 Å². The average molecular weight is 648 g/mol. The second-order valence-electron chi connectivity index (χ2n) is 10.9. The van der Waals surface area contributed by atoms with Gasteiger partial charge in [-0.3, -0.25) is 4.79 Å². The largest absolute Gasteiger partial charge is 0.480 e. The van der Waals surface area contributed by atoms with Crippen LogP contribution in [-0.4, -0.2) is 62.1 Å². The zero-order valence-corrected chi connectivity index (χ0v) is 26.8. The molecule has 0 bridgehead atoms. The van der Waals surface area contributed by atoms with E-state index in [1.807, 2.05) is 62.3 Å². The van der Waals surface area contributed by atoms with E-state index >= 15 is 0 Å². The summed E-state index contributed by atoms with van der Waals surface area (Å²) < 4.78 is 61.3. The molecule has 0 aliphatic rings. The van der Waals surface area contributed by atoms with Crippen molar-refractivity contribution >= 4 is 59.0 Å². The van der Waals surface area contributed by atoms with Crippen LogP contribution in [0.1, 0.15) is 5.56 Å². The van der Waals surface area contributed by atoms with Crippen LogP contribution in [0.15, 0.2) is 107 Å².